The van der Waals surface area contributed by atoms with Crippen molar-refractivity contribution in [2.75, 3.05) is 13.7 Å². The molecular weight excluding hydrogens is 340 g/mol. The first-order valence-electron chi connectivity index (χ1n) is 6.90. The fourth-order valence-electron chi connectivity index (χ4n) is 3.50. The molecule has 132 valence electrons. The van der Waals surface area contributed by atoms with Gasteiger partial charge >= 0.3 is 27.3 Å². The van der Waals surface area contributed by atoms with Crippen LogP contribution in [0.5, 0.6) is 0 Å². The number of esters is 2. The van der Waals surface area contributed by atoms with E-state index in [0.717, 1.165) is 6.42 Å². The van der Waals surface area contributed by atoms with E-state index >= 15 is 0 Å². The number of hydrogen-bond donors (Lipinski definition) is 1. The van der Waals surface area contributed by atoms with Crippen molar-refractivity contribution in [2.45, 2.75) is 24.5 Å². The Balaban J connectivity index is 2.07. The number of fused-ring (bicyclic) bond motifs is 2. The highest BCUT2D eigenvalue weighted by Crippen LogP contribution is 2.53. The zero-order valence-electron chi connectivity index (χ0n) is 12.2. The maximum absolute atomic E-state index is 13.4. The molecular formula is C12H17F2NO7S. The molecule has 2 aliphatic carbocycles. The van der Waals surface area contributed by atoms with Gasteiger partial charge < -0.3 is 9.47 Å². The number of ether oxygens (including phenoxy) is 2. The van der Waals surface area contributed by atoms with Gasteiger partial charge in [-0.2, -0.15) is 27.4 Å². The van der Waals surface area contributed by atoms with Crippen LogP contribution in [0.1, 0.15) is 19.3 Å². The first kappa shape index (κ1) is 18.0. The van der Waals surface area contributed by atoms with Crippen LogP contribution in [0, 0.1) is 23.7 Å². The molecule has 0 aromatic carbocycles. The van der Waals surface area contributed by atoms with Crippen LogP contribution in [-0.4, -0.2) is 39.3 Å². The lowest BCUT2D eigenvalue weighted by Gasteiger charge is -2.27. The number of carbonyl (C=O) groups is 2. The molecule has 2 fully saturated rings. The summed E-state index contributed by atoms with van der Waals surface area (Å²) >= 11 is 0. The second kappa shape index (κ2) is 6.29. The molecule has 11 heteroatoms. The zero-order valence-corrected chi connectivity index (χ0v) is 13.1. The standard InChI is InChI=1S/C12H17F2NO7S/c1-20-10(16)8-6-2-3-7(4-6)9(8)11(17)21-5-12(13,14)23(18,19)22-15/h6-9H,2-5,15H2,1H3. The molecule has 4 atom stereocenters. The molecule has 0 radical (unpaired) electrons. The van der Waals surface area contributed by atoms with Gasteiger partial charge in [-0.1, -0.05) is 0 Å². The fourth-order valence-corrected chi connectivity index (χ4v) is 3.84. The minimum Gasteiger partial charge on any atom is -0.469 e. The Morgan fingerprint density at radius 1 is 1.17 bits per heavy atom. The third-order valence-electron chi connectivity index (χ3n) is 4.54. The highest BCUT2D eigenvalue weighted by atomic mass is 32.2. The highest BCUT2D eigenvalue weighted by molar-refractivity contribution is 7.87. The Morgan fingerprint density at radius 3 is 2.17 bits per heavy atom. The van der Waals surface area contributed by atoms with Gasteiger partial charge in [0.1, 0.15) is 0 Å². The van der Waals surface area contributed by atoms with Gasteiger partial charge in [-0.05, 0) is 31.1 Å². The molecule has 4 unspecified atom stereocenters. The molecule has 2 rings (SSSR count). The maximum atomic E-state index is 13.4. The van der Waals surface area contributed by atoms with Crippen LogP contribution >= 0.6 is 0 Å². The van der Waals surface area contributed by atoms with Gasteiger partial charge in [0.15, 0.2) is 6.61 Å². The molecule has 0 aromatic rings. The topological polar surface area (TPSA) is 122 Å². The number of hydrogen-bond acceptors (Lipinski definition) is 8. The second-order valence-electron chi connectivity index (χ2n) is 5.70. The minimum absolute atomic E-state index is 0.0541. The number of nitrogens with two attached hydrogens (primary N) is 1. The predicted octanol–water partition coefficient (Wildman–Crippen LogP) is 0.178. The summed E-state index contributed by atoms with van der Waals surface area (Å²) < 4.78 is 61.0. The summed E-state index contributed by atoms with van der Waals surface area (Å²) in [6.45, 7) is -1.73. The van der Waals surface area contributed by atoms with Gasteiger partial charge in [0.25, 0.3) is 0 Å². The van der Waals surface area contributed by atoms with Crippen LogP contribution in [0.4, 0.5) is 8.78 Å². The Hall–Kier alpha value is -1.33. The molecule has 2 aliphatic rings. The monoisotopic (exact) mass is 357 g/mol. The van der Waals surface area contributed by atoms with E-state index in [0.29, 0.717) is 12.8 Å². The van der Waals surface area contributed by atoms with E-state index < -0.39 is 45.8 Å². The molecule has 0 amide bonds. The van der Waals surface area contributed by atoms with Gasteiger partial charge in [0.05, 0.1) is 18.9 Å². The molecule has 0 saturated heterocycles. The molecule has 8 nitrogen and oxygen atoms in total. The Kier molecular flexibility index (Phi) is 4.92. The molecule has 2 saturated carbocycles. The third-order valence-corrected chi connectivity index (χ3v) is 5.64. The first-order chi connectivity index (χ1) is 10.6. The number of carbonyl (C=O) groups excluding carboxylic acids is 2. The molecule has 2 bridgehead atoms. The van der Waals surface area contributed by atoms with Crippen molar-refractivity contribution >= 4 is 22.1 Å². The summed E-state index contributed by atoms with van der Waals surface area (Å²) in [6.07, 6.45) is 2.04. The van der Waals surface area contributed by atoms with Crippen LogP contribution in [-0.2, 0) is 33.5 Å². The summed E-state index contributed by atoms with van der Waals surface area (Å²) in [5, 5.41) is -4.48. The van der Waals surface area contributed by atoms with Gasteiger partial charge in [-0.25, -0.2) is 0 Å². The van der Waals surface area contributed by atoms with Crippen molar-refractivity contribution in [3.05, 3.63) is 0 Å². The normalized spacial score (nSPS) is 30.3. The Labute approximate surface area is 131 Å². The molecule has 0 spiro atoms. The lowest BCUT2D eigenvalue weighted by atomic mass is 9.79. The Morgan fingerprint density at radius 2 is 1.70 bits per heavy atom. The highest BCUT2D eigenvalue weighted by Gasteiger charge is 2.56. The summed E-state index contributed by atoms with van der Waals surface area (Å²) in [7, 11) is -4.21. The molecule has 23 heavy (non-hydrogen) atoms. The minimum atomic E-state index is -5.39. The van der Waals surface area contributed by atoms with Gasteiger partial charge in [-0.3, -0.25) is 9.59 Å². The summed E-state index contributed by atoms with van der Waals surface area (Å²) in [5.74, 6) is 0.779. The lowest BCUT2D eigenvalue weighted by molar-refractivity contribution is -0.165. The van der Waals surface area contributed by atoms with Crippen molar-refractivity contribution in [1.29, 1.82) is 0 Å². The average molecular weight is 357 g/mol. The van der Waals surface area contributed by atoms with Crippen molar-refractivity contribution in [1.82, 2.24) is 0 Å². The van der Waals surface area contributed by atoms with Crippen LogP contribution in [0.15, 0.2) is 0 Å². The second-order valence-corrected chi connectivity index (χ2v) is 7.40. The number of rotatable bonds is 6. The van der Waals surface area contributed by atoms with Crippen LogP contribution in [0.25, 0.3) is 0 Å². The SMILES string of the molecule is COC(=O)C1C2CCC(C2)C1C(=O)OCC(F)(F)S(=O)(=O)ON. The van der Waals surface area contributed by atoms with Crippen LogP contribution in [0.2, 0.25) is 0 Å². The van der Waals surface area contributed by atoms with E-state index in [1.807, 2.05) is 0 Å². The lowest BCUT2D eigenvalue weighted by Crippen LogP contribution is -2.41. The van der Waals surface area contributed by atoms with Crippen molar-refractivity contribution in [2.24, 2.45) is 29.6 Å². The van der Waals surface area contributed by atoms with E-state index in [1.54, 1.807) is 0 Å². The Bertz CT molecular complexity index is 594. The average Bonchev–Trinajstić information content (AvgIpc) is 3.12. The number of alkyl halides is 2. The van der Waals surface area contributed by atoms with Crippen LogP contribution < -0.4 is 5.90 Å². The van der Waals surface area contributed by atoms with Crippen molar-refractivity contribution in [3.8, 4) is 0 Å². The van der Waals surface area contributed by atoms with Gasteiger partial charge in [-0.15, -0.1) is 0 Å². The van der Waals surface area contributed by atoms with E-state index in [9.17, 15) is 26.8 Å². The van der Waals surface area contributed by atoms with Crippen LogP contribution in [0.3, 0.4) is 0 Å². The summed E-state index contributed by atoms with van der Waals surface area (Å²) in [4.78, 5) is 23.9. The fraction of sp³-hybridized carbons (Fsp3) is 0.833. The summed E-state index contributed by atoms with van der Waals surface area (Å²) in [6, 6.07) is 0. The van der Waals surface area contributed by atoms with E-state index in [1.165, 1.54) is 7.11 Å². The third kappa shape index (κ3) is 3.17. The van der Waals surface area contributed by atoms with Crippen molar-refractivity contribution in [3.63, 3.8) is 0 Å². The van der Waals surface area contributed by atoms with E-state index in [2.05, 4.69) is 19.7 Å². The van der Waals surface area contributed by atoms with Gasteiger partial charge in [0.2, 0.25) is 0 Å². The predicted molar refractivity (Wildman–Crippen MR) is 69.9 cm³/mol. The summed E-state index contributed by atoms with van der Waals surface area (Å²) in [5.41, 5.74) is 0. The molecule has 0 aromatic heterocycles. The molecule has 0 aliphatic heterocycles. The van der Waals surface area contributed by atoms with E-state index in [-0.39, 0.29) is 11.8 Å². The first-order valence-corrected chi connectivity index (χ1v) is 8.30. The molecule has 2 N–H and O–H groups in total. The maximum Gasteiger partial charge on any atom is 0.404 e. The smallest absolute Gasteiger partial charge is 0.404 e. The molecule has 0 heterocycles. The number of halogens is 2. The quantitative estimate of drug-likeness (QED) is 0.528. The van der Waals surface area contributed by atoms with Crippen molar-refractivity contribution < 1.29 is 40.5 Å². The van der Waals surface area contributed by atoms with Gasteiger partial charge in [0, 0.05) is 0 Å². The number of methoxy groups -OCH3 is 1. The van der Waals surface area contributed by atoms with E-state index in [4.69, 9.17) is 0 Å². The zero-order chi connectivity index (χ0) is 17.4. The largest absolute Gasteiger partial charge is 0.469 e.